The second-order valence-electron chi connectivity index (χ2n) is 5.82. The fourth-order valence-electron chi connectivity index (χ4n) is 2.61. The average molecular weight is 351 g/mol. The number of anilines is 1. The second-order valence-corrected chi connectivity index (χ2v) is 5.82. The highest BCUT2D eigenvalue weighted by atomic mass is 16.5. The van der Waals surface area contributed by atoms with Crippen molar-refractivity contribution in [1.29, 1.82) is 0 Å². The molecule has 0 aliphatic heterocycles. The van der Waals surface area contributed by atoms with E-state index in [2.05, 4.69) is 22.2 Å². The van der Waals surface area contributed by atoms with Crippen molar-refractivity contribution >= 4 is 5.82 Å². The molecule has 1 unspecified atom stereocenters. The van der Waals surface area contributed by atoms with Crippen molar-refractivity contribution in [3.8, 4) is 28.5 Å². The number of nitrogens with one attached hydrogen (secondary N) is 1. The fourth-order valence-corrected chi connectivity index (χ4v) is 2.61. The number of hydrogen-bond donors (Lipinski definition) is 2. The van der Waals surface area contributed by atoms with Crippen LogP contribution in [-0.4, -0.2) is 29.3 Å². The third-order valence-electron chi connectivity index (χ3n) is 4.09. The third kappa shape index (κ3) is 3.85. The van der Waals surface area contributed by atoms with Gasteiger partial charge in [-0.3, -0.25) is 4.98 Å². The molecule has 6 nitrogen and oxygen atoms in total. The molecule has 2 N–H and O–H groups in total. The van der Waals surface area contributed by atoms with Crippen LogP contribution in [0.15, 0.2) is 54.9 Å². The highest BCUT2D eigenvalue weighted by Gasteiger charge is 2.10. The maximum absolute atomic E-state index is 9.74. The Kier molecular flexibility index (Phi) is 5.22. The summed E-state index contributed by atoms with van der Waals surface area (Å²) in [5, 5.41) is 13.1. The van der Waals surface area contributed by atoms with Crippen molar-refractivity contribution in [3.63, 3.8) is 0 Å². The summed E-state index contributed by atoms with van der Waals surface area (Å²) in [5.74, 6) is 1.97. The van der Waals surface area contributed by atoms with E-state index >= 15 is 0 Å². The standard InChI is InChI=1S/C20H21N3O3/c1-13(14-4-7-16(25-2)8-5-14)22-20-12-21-11-17(23-20)15-6-9-18(24)19(10-15)26-3/h4-13,24H,1-3H3,(H,22,23). The first-order valence-electron chi connectivity index (χ1n) is 8.20. The van der Waals surface area contributed by atoms with Crippen LogP contribution < -0.4 is 14.8 Å². The SMILES string of the molecule is COc1ccc(C(C)Nc2cncc(-c3ccc(O)c(OC)c3)n2)cc1. The quantitative estimate of drug-likeness (QED) is 0.698. The van der Waals surface area contributed by atoms with Gasteiger partial charge in [-0.2, -0.15) is 0 Å². The highest BCUT2D eigenvalue weighted by molar-refractivity contribution is 5.64. The van der Waals surface area contributed by atoms with Gasteiger partial charge in [-0.05, 0) is 42.8 Å². The summed E-state index contributed by atoms with van der Waals surface area (Å²) in [4.78, 5) is 8.88. The summed E-state index contributed by atoms with van der Waals surface area (Å²) in [7, 11) is 3.16. The van der Waals surface area contributed by atoms with Gasteiger partial charge in [-0.1, -0.05) is 12.1 Å². The lowest BCUT2D eigenvalue weighted by atomic mass is 10.1. The molecule has 1 atom stereocenters. The number of phenolic OH excluding ortho intramolecular Hbond substituents is 1. The number of ether oxygens (including phenoxy) is 2. The van der Waals surface area contributed by atoms with E-state index in [-0.39, 0.29) is 11.8 Å². The van der Waals surface area contributed by atoms with Crippen LogP contribution in [0, 0.1) is 0 Å². The number of benzene rings is 2. The number of hydrogen-bond acceptors (Lipinski definition) is 6. The van der Waals surface area contributed by atoms with E-state index in [4.69, 9.17) is 9.47 Å². The minimum atomic E-state index is 0.0554. The van der Waals surface area contributed by atoms with E-state index < -0.39 is 0 Å². The third-order valence-corrected chi connectivity index (χ3v) is 4.09. The monoisotopic (exact) mass is 351 g/mol. The molecular formula is C20H21N3O3. The Labute approximate surface area is 152 Å². The molecule has 0 amide bonds. The zero-order valence-electron chi connectivity index (χ0n) is 14.9. The molecule has 2 aromatic carbocycles. The molecule has 0 saturated carbocycles. The lowest BCUT2D eigenvalue weighted by Crippen LogP contribution is -2.08. The Hall–Kier alpha value is -3.28. The Bertz CT molecular complexity index is 882. The first-order chi connectivity index (χ1) is 12.6. The second kappa shape index (κ2) is 7.74. The van der Waals surface area contributed by atoms with Crippen molar-refractivity contribution in [2.24, 2.45) is 0 Å². The lowest BCUT2D eigenvalue weighted by Gasteiger charge is -2.16. The van der Waals surface area contributed by atoms with Crippen molar-refractivity contribution in [2.75, 3.05) is 19.5 Å². The predicted molar refractivity (Wildman–Crippen MR) is 101 cm³/mol. The zero-order chi connectivity index (χ0) is 18.5. The van der Waals surface area contributed by atoms with Gasteiger partial charge in [0.25, 0.3) is 0 Å². The van der Waals surface area contributed by atoms with Crippen LogP contribution in [0.25, 0.3) is 11.3 Å². The Balaban J connectivity index is 1.80. The lowest BCUT2D eigenvalue weighted by molar-refractivity contribution is 0.373. The highest BCUT2D eigenvalue weighted by Crippen LogP contribution is 2.31. The van der Waals surface area contributed by atoms with Gasteiger partial charge in [-0.15, -0.1) is 0 Å². The summed E-state index contributed by atoms with van der Waals surface area (Å²) in [6, 6.07) is 13.0. The number of nitrogens with zero attached hydrogens (tertiary/aromatic N) is 2. The van der Waals surface area contributed by atoms with Gasteiger partial charge in [-0.25, -0.2) is 4.98 Å². The van der Waals surface area contributed by atoms with E-state index in [1.54, 1.807) is 37.7 Å². The molecular weight excluding hydrogens is 330 g/mol. The molecule has 0 fully saturated rings. The molecule has 0 bridgehead atoms. The van der Waals surface area contributed by atoms with Crippen molar-refractivity contribution in [1.82, 2.24) is 9.97 Å². The summed E-state index contributed by atoms with van der Waals surface area (Å²) in [5.41, 5.74) is 2.62. The van der Waals surface area contributed by atoms with Gasteiger partial charge in [0.1, 0.15) is 11.6 Å². The van der Waals surface area contributed by atoms with Gasteiger partial charge in [0.15, 0.2) is 11.5 Å². The molecule has 0 saturated heterocycles. The summed E-state index contributed by atoms with van der Waals surface area (Å²) < 4.78 is 10.3. The van der Waals surface area contributed by atoms with Crippen LogP contribution in [0.3, 0.4) is 0 Å². The normalized spacial score (nSPS) is 11.7. The zero-order valence-corrected chi connectivity index (χ0v) is 14.9. The maximum atomic E-state index is 9.74. The summed E-state index contributed by atoms with van der Waals surface area (Å²) >= 11 is 0. The molecule has 0 aliphatic rings. The molecule has 3 rings (SSSR count). The van der Waals surface area contributed by atoms with Crippen molar-refractivity contribution in [3.05, 3.63) is 60.4 Å². The van der Waals surface area contributed by atoms with E-state index in [9.17, 15) is 5.11 Å². The smallest absolute Gasteiger partial charge is 0.161 e. The minimum Gasteiger partial charge on any atom is -0.504 e. The largest absolute Gasteiger partial charge is 0.504 e. The molecule has 0 spiro atoms. The van der Waals surface area contributed by atoms with E-state index in [0.29, 0.717) is 17.3 Å². The number of aromatic nitrogens is 2. The number of rotatable bonds is 6. The Morgan fingerprint density at radius 3 is 2.46 bits per heavy atom. The van der Waals surface area contributed by atoms with E-state index in [1.807, 2.05) is 24.3 Å². The van der Waals surface area contributed by atoms with Gasteiger partial charge >= 0.3 is 0 Å². The van der Waals surface area contributed by atoms with Gasteiger partial charge in [0.05, 0.1) is 32.3 Å². The first-order valence-corrected chi connectivity index (χ1v) is 8.20. The van der Waals surface area contributed by atoms with Crippen LogP contribution in [0.5, 0.6) is 17.2 Å². The maximum Gasteiger partial charge on any atom is 0.161 e. The minimum absolute atomic E-state index is 0.0554. The topological polar surface area (TPSA) is 76.5 Å². The van der Waals surface area contributed by atoms with Crippen LogP contribution >= 0.6 is 0 Å². The predicted octanol–water partition coefficient (Wildman–Crippen LogP) is 4.04. The first kappa shape index (κ1) is 17.5. The molecule has 1 aromatic heterocycles. The Morgan fingerprint density at radius 2 is 1.77 bits per heavy atom. The molecule has 1 heterocycles. The molecule has 0 radical (unpaired) electrons. The molecule has 3 aromatic rings. The molecule has 0 aliphatic carbocycles. The van der Waals surface area contributed by atoms with E-state index in [1.165, 1.54) is 7.11 Å². The molecule has 26 heavy (non-hydrogen) atoms. The van der Waals surface area contributed by atoms with Gasteiger partial charge in [0.2, 0.25) is 0 Å². The van der Waals surface area contributed by atoms with Crippen LogP contribution in [-0.2, 0) is 0 Å². The van der Waals surface area contributed by atoms with E-state index in [0.717, 1.165) is 16.9 Å². The van der Waals surface area contributed by atoms with Crippen LogP contribution in [0.2, 0.25) is 0 Å². The fraction of sp³-hybridized carbons (Fsp3) is 0.200. The van der Waals surface area contributed by atoms with Crippen molar-refractivity contribution in [2.45, 2.75) is 13.0 Å². The summed E-state index contributed by atoms with van der Waals surface area (Å²) in [6.07, 6.45) is 3.36. The molecule has 134 valence electrons. The molecule has 6 heteroatoms. The van der Waals surface area contributed by atoms with Gasteiger partial charge in [0, 0.05) is 11.6 Å². The number of aromatic hydroxyl groups is 1. The van der Waals surface area contributed by atoms with Crippen molar-refractivity contribution < 1.29 is 14.6 Å². The number of phenols is 1. The average Bonchev–Trinajstić information content (AvgIpc) is 2.68. The van der Waals surface area contributed by atoms with Crippen LogP contribution in [0.1, 0.15) is 18.5 Å². The number of methoxy groups -OCH3 is 2. The summed E-state index contributed by atoms with van der Waals surface area (Å²) in [6.45, 7) is 2.06. The Morgan fingerprint density at radius 1 is 1.00 bits per heavy atom. The van der Waals surface area contributed by atoms with Crippen LogP contribution in [0.4, 0.5) is 5.82 Å². The van der Waals surface area contributed by atoms with Gasteiger partial charge < -0.3 is 19.9 Å².